The van der Waals surface area contributed by atoms with Crippen molar-refractivity contribution in [2.45, 2.75) is 90.2 Å². The lowest BCUT2D eigenvalue weighted by molar-refractivity contribution is -0.697. The molecule has 7 nitrogen and oxygen atoms in total. The van der Waals surface area contributed by atoms with Gasteiger partial charge in [-0.2, -0.15) is 0 Å². The Morgan fingerprint density at radius 1 is 0.812 bits per heavy atom. The van der Waals surface area contributed by atoms with E-state index in [0.29, 0.717) is 19.8 Å². The molecule has 1 aromatic heterocycles. The van der Waals surface area contributed by atoms with Crippen LogP contribution < -0.4 is 4.57 Å². The molecule has 0 aliphatic carbocycles. The Morgan fingerprint density at radius 3 is 2.00 bits per heavy atom. The summed E-state index contributed by atoms with van der Waals surface area (Å²) < 4.78 is 34.9. The molecule has 8 heteroatoms. The summed E-state index contributed by atoms with van der Waals surface area (Å²) in [6.07, 6.45) is 17.6. The van der Waals surface area contributed by atoms with Crippen molar-refractivity contribution >= 4 is 7.82 Å². The molecule has 2 unspecified atom stereocenters. The van der Waals surface area contributed by atoms with Crippen LogP contribution in [0.1, 0.15) is 77.6 Å². The van der Waals surface area contributed by atoms with Gasteiger partial charge in [-0.25, -0.2) is 9.13 Å². The molecule has 1 rings (SSSR count). The van der Waals surface area contributed by atoms with Gasteiger partial charge in [0.25, 0.3) is 0 Å². The molecule has 0 spiro atoms. The third-order valence-corrected chi connectivity index (χ3v) is 6.32. The first-order chi connectivity index (χ1) is 15.6. The summed E-state index contributed by atoms with van der Waals surface area (Å²) in [5.41, 5.74) is 0. The van der Waals surface area contributed by atoms with E-state index in [2.05, 4.69) is 6.92 Å². The molecule has 0 saturated carbocycles. The third kappa shape index (κ3) is 16.8. The predicted molar refractivity (Wildman–Crippen MR) is 126 cm³/mol. The lowest BCUT2D eigenvalue weighted by Gasteiger charge is -2.17. The van der Waals surface area contributed by atoms with Crippen LogP contribution in [0.2, 0.25) is 0 Å². The van der Waals surface area contributed by atoms with Gasteiger partial charge >= 0.3 is 7.82 Å². The standard InChI is InChI=1S/C24H44NO6P/c1-3-4-5-6-7-8-9-10-11-12-16-20-29-22-24(28-2)23-31-32(26,27)30-21-19-25-17-14-13-15-18-25/h13-15,17-18,24H,3-12,16,19-23H2,1-2H3/p+1. The average molecular weight is 475 g/mol. The smallest absolute Gasteiger partial charge is 0.379 e. The van der Waals surface area contributed by atoms with Gasteiger partial charge < -0.3 is 14.4 Å². The van der Waals surface area contributed by atoms with E-state index in [1.165, 1.54) is 71.3 Å². The summed E-state index contributed by atoms with van der Waals surface area (Å²) in [6.45, 7) is 3.73. The summed E-state index contributed by atoms with van der Waals surface area (Å²) in [7, 11) is -2.58. The molecule has 0 saturated heterocycles. The number of unbranched alkanes of at least 4 members (excludes halogenated alkanes) is 10. The van der Waals surface area contributed by atoms with E-state index >= 15 is 0 Å². The molecule has 0 radical (unpaired) electrons. The number of aromatic nitrogens is 1. The van der Waals surface area contributed by atoms with E-state index in [4.69, 9.17) is 18.5 Å². The largest absolute Gasteiger partial charge is 0.472 e. The molecule has 0 aliphatic rings. The normalized spacial score (nSPS) is 14.3. The number of ether oxygens (including phenoxy) is 2. The van der Waals surface area contributed by atoms with E-state index in [9.17, 15) is 9.46 Å². The molecule has 32 heavy (non-hydrogen) atoms. The Morgan fingerprint density at radius 2 is 1.41 bits per heavy atom. The first kappa shape index (κ1) is 29.2. The molecule has 1 aromatic rings. The number of hydrogen-bond donors (Lipinski definition) is 1. The molecule has 0 fully saturated rings. The molecule has 0 aromatic carbocycles. The van der Waals surface area contributed by atoms with E-state index < -0.39 is 13.9 Å². The number of hydrogen-bond acceptors (Lipinski definition) is 5. The van der Waals surface area contributed by atoms with Crippen LogP contribution in [0, 0.1) is 0 Å². The zero-order valence-corrected chi connectivity index (χ0v) is 21.1. The molecule has 0 amide bonds. The summed E-state index contributed by atoms with van der Waals surface area (Å²) in [5, 5.41) is 0. The molecular formula is C24H45NO6P+. The third-order valence-electron chi connectivity index (χ3n) is 5.33. The number of phosphoric acid groups is 1. The van der Waals surface area contributed by atoms with Gasteiger partial charge in [-0.3, -0.25) is 9.05 Å². The molecule has 2 atom stereocenters. The fraction of sp³-hybridized carbons (Fsp3) is 0.792. The van der Waals surface area contributed by atoms with Gasteiger partial charge in [0.15, 0.2) is 18.9 Å². The van der Waals surface area contributed by atoms with Crippen molar-refractivity contribution in [1.29, 1.82) is 0 Å². The molecule has 0 bridgehead atoms. The highest BCUT2D eigenvalue weighted by Gasteiger charge is 2.24. The maximum Gasteiger partial charge on any atom is 0.472 e. The maximum atomic E-state index is 12.0. The Bertz CT molecular complexity index is 589. The number of nitrogens with zero attached hydrogens (tertiary/aromatic N) is 1. The van der Waals surface area contributed by atoms with Crippen molar-refractivity contribution in [3.63, 3.8) is 0 Å². The highest BCUT2D eigenvalue weighted by Crippen LogP contribution is 2.43. The summed E-state index contributed by atoms with van der Waals surface area (Å²) in [6, 6.07) is 5.67. The second kappa shape index (κ2) is 19.6. The minimum Gasteiger partial charge on any atom is -0.379 e. The van der Waals surface area contributed by atoms with Gasteiger partial charge in [-0.15, -0.1) is 0 Å². The highest BCUT2D eigenvalue weighted by molar-refractivity contribution is 7.47. The maximum absolute atomic E-state index is 12.0. The monoisotopic (exact) mass is 474 g/mol. The number of methoxy groups -OCH3 is 1. The van der Waals surface area contributed by atoms with E-state index in [-0.39, 0.29) is 13.2 Å². The van der Waals surface area contributed by atoms with Gasteiger partial charge in [-0.1, -0.05) is 77.2 Å². The number of pyridine rings is 1. The zero-order chi connectivity index (χ0) is 23.3. The quantitative estimate of drug-likeness (QED) is 0.137. The lowest BCUT2D eigenvalue weighted by atomic mass is 10.1. The minimum atomic E-state index is -4.12. The molecule has 1 N–H and O–H groups in total. The molecule has 0 aliphatic heterocycles. The van der Waals surface area contributed by atoms with Crippen LogP contribution >= 0.6 is 7.82 Å². The number of rotatable bonds is 22. The molecule has 186 valence electrons. The van der Waals surface area contributed by atoms with Crippen molar-refractivity contribution in [3.05, 3.63) is 30.6 Å². The molecule has 1 heterocycles. The van der Waals surface area contributed by atoms with Crippen LogP contribution in [-0.2, 0) is 29.6 Å². The van der Waals surface area contributed by atoms with Crippen molar-refractivity contribution in [3.8, 4) is 0 Å². The average Bonchev–Trinajstić information content (AvgIpc) is 2.79. The van der Waals surface area contributed by atoms with Gasteiger partial charge in [0.2, 0.25) is 0 Å². The Kier molecular flexibility index (Phi) is 17.9. The van der Waals surface area contributed by atoms with Crippen LogP contribution in [0.15, 0.2) is 30.6 Å². The molecular weight excluding hydrogens is 429 g/mol. The first-order valence-electron chi connectivity index (χ1n) is 12.2. The Labute approximate surface area is 195 Å². The van der Waals surface area contributed by atoms with Crippen LogP contribution in [0.25, 0.3) is 0 Å². The van der Waals surface area contributed by atoms with Crippen molar-refractivity contribution in [2.75, 3.05) is 33.5 Å². The van der Waals surface area contributed by atoms with Crippen LogP contribution in [-0.4, -0.2) is 44.5 Å². The Hall–Kier alpha value is -0.820. The van der Waals surface area contributed by atoms with Crippen LogP contribution in [0.5, 0.6) is 0 Å². The first-order valence-corrected chi connectivity index (χ1v) is 13.7. The Balaban J connectivity index is 1.98. The van der Waals surface area contributed by atoms with Crippen molar-refractivity contribution in [1.82, 2.24) is 0 Å². The topological polar surface area (TPSA) is 78.1 Å². The van der Waals surface area contributed by atoms with Gasteiger partial charge in [0.1, 0.15) is 12.7 Å². The number of phosphoric ester groups is 1. The second-order valence-corrected chi connectivity index (χ2v) is 9.63. The van der Waals surface area contributed by atoms with Gasteiger partial charge in [0, 0.05) is 25.8 Å². The van der Waals surface area contributed by atoms with Crippen molar-refractivity contribution < 1.29 is 32.5 Å². The fourth-order valence-electron chi connectivity index (χ4n) is 3.33. The van der Waals surface area contributed by atoms with Crippen LogP contribution in [0.4, 0.5) is 0 Å². The second-order valence-electron chi connectivity index (χ2n) is 8.18. The highest BCUT2D eigenvalue weighted by atomic mass is 31.2. The predicted octanol–water partition coefficient (Wildman–Crippen LogP) is 5.45. The van der Waals surface area contributed by atoms with E-state index in [1.807, 2.05) is 35.2 Å². The van der Waals surface area contributed by atoms with Crippen LogP contribution in [0.3, 0.4) is 0 Å². The summed E-state index contributed by atoms with van der Waals surface area (Å²) >= 11 is 0. The van der Waals surface area contributed by atoms with Gasteiger partial charge in [-0.05, 0) is 6.42 Å². The van der Waals surface area contributed by atoms with E-state index in [1.54, 1.807) is 0 Å². The summed E-state index contributed by atoms with van der Waals surface area (Å²) in [5.74, 6) is 0. The zero-order valence-electron chi connectivity index (χ0n) is 20.2. The minimum absolute atomic E-state index is 0.0545. The van der Waals surface area contributed by atoms with E-state index in [0.717, 1.165) is 6.42 Å². The SMILES string of the molecule is CCCCCCCCCCCCCOCC(COP(=O)(O)OCC[n+]1ccccc1)OC. The fourth-order valence-corrected chi connectivity index (χ4v) is 4.07. The van der Waals surface area contributed by atoms with Gasteiger partial charge in [0.05, 0.1) is 13.2 Å². The summed E-state index contributed by atoms with van der Waals surface area (Å²) in [4.78, 5) is 9.83. The lowest BCUT2D eigenvalue weighted by Crippen LogP contribution is -2.34. The van der Waals surface area contributed by atoms with Crippen molar-refractivity contribution in [2.24, 2.45) is 0 Å².